The lowest BCUT2D eigenvalue weighted by molar-refractivity contribution is 0.309. The van der Waals surface area contributed by atoms with Crippen LogP contribution in [0, 0.1) is 11.3 Å². The van der Waals surface area contributed by atoms with Crippen LogP contribution in [0.25, 0.3) is 27.8 Å². The van der Waals surface area contributed by atoms with Crippen molar-refractivity contribution in [3.63, 3.8) is 0 Å². The summed E-state index contributed by atoms with van der Waals surface area (Å²) < 4.78 is 5.73. The highest BCUT2D eigenvalue weighted by atomic mass is 16.5. The van der Waals surface area contributed by atoms with Crippen LogP contribution in [0.2, 0.25) is 0 Å². The van der Waals surface area contributed by atoms with Crippen molar-refractivity contribution in [1.29, 1.82) is 5.26 Å². The Balaban J connectivity index is 1.87. The first-order chi connectivity index (χ1) is 17.0. The van der Waals surface area contributed by atoms with Crippen LogP contribution in [-0.4, -0.2) is 13.2 Å². The zero-order valence-corrected chi connectivity index (χ0v) is 20.2. The molecule has 3 aromatic carbocycles. The molecule has 0 bridgehead atoms. The molecule has 174 valence electrons. The summed E-state index contributed by atoms with van der Waals surface area (Å²) in [4.78, 5) is 0. The van der Waals surface area contributed by atoms with Gasteiger partial charge < -0.3 is 10.5 Å². The van der Waals surface area contributed by atoms with Gasteiger partial charge in [0.05, 0.1) is 13.2 Å². The second-order valence-corrected chi connectivity index (χ2v) is 8.00. The molecule has 0 fully saturated rings. The molecule has 0 amide bonds. The van der Waals surface area contributed by atoms with Crippen molar-refractivity contribution in [3.8, 4) is 17.2 Å². The summed E-state index contributed by atoms with van der Waals surface area (Å²) in [6.07, 6.45) is 7.29. The lowest BCUT2D eigenvalue weighted by atomic mass is 9.97. The van der Waals surface area contributed by atoms with Crippen LogP contribution in [0.3, 0.4) is 0 Å². The summed E-state index contributed by atoms with van der Waals surface area (Å²) in [5.74, 6) is 0.792. The van der Waals surface area contributed by atoms with Gasteiger partial charge in [-0.3, -0.25) is 0 Å². The van der Waals surface area contributed by atoms with Crippen molar-refractivity contribution in [2.45, 2.75) is 13.0 Å². The highest BCUT2D eigenvalue weighted by Gasteiger charge is 2.08. The van der Waals surface area contributed by atoms with Crippen LogP contribution in [0.15, 0.2) is 122 Å². The number of methoxy groups -OCH3 is 1. The zero-order chi connectivity index (χ0) is 25.2. The quantitative estimate of drug-likeness (QED) is 0.268. The zero-order valence-electron chi connectivity index (χ0n) is 20.2. The number of nitrogens with two attached hydrogens (primary N) is 1. The number of nitriles is 1. The Morgan fingerprint density at radius 2 is 1.34 bits per heavy atom. The summed E-state index contributed by atoms with van der Waals surface area (Å²) in [7, 11) is 1.69. The minimum atomic E-state index is -0.659. The van der Waals surface area contributed by atoms with Crippen molar-refractivity contribution >= 4 is 16.7 Å². The molecule has 0 saturated carbocycles. The third kappa shape index (κ3) is 6.35. The van der Waals surface area contributed by atoms with Crippen molar-refractivity contribution in [2.24, 2.45) is 5.73 Å². The monoisotopic (exact) mass is 458 g/mol. The van der Waals surface area contributed by atoms with Gasteiger partial charge in [-0.1, -0.05) is 104 Å². The van der Waals surface area contributed by atoms with Crippen molar-refractivity contribution in [2.75, 3.05) is 7.11 Å². The maximum Gasteiger partial charge on any atom is 0.122 e. The molecule has 0 spiro atoms. The first-order valence-corrected chi connectivity index (χ1v) is 11.4. The molecule has 1 unspecified atom stereocenters. The first-order valence-electron chi connectivity index (χ1n) is 11.4. The van der Waals surface area contributed by atoms with E-state index in [2.05, 4.69) is 68.6 Å². The van der Waals surface area contributed by atoms with E-state index in [0.717, 1.165) is 50.3 Å². The number of ether oxygens (including phenoxy) is 1. The Bertz CT molecular complexity index is 1300. The Hall–Kier alpha value is -4.39. The number of hydrogen-bond donors (Lipinski definition) is 1. The number of allylic oxidation sites excluding steroid dienone is 6. The van der Waals surface area contributed by atoms with E-state index in [-0.39, 0.29) is 0 Å². The number of rotatable bonds is 9. The topological polar surface area (TPSA) is 59.0 Å². The molecule has 35 heavy (non-hydrogen) atoms. The molecule has 0 aromatic heterocycles. The molecule has 1 atom stereocenters. The third-order valence-corrected chi connectivity index (χ3v) is 5.80. The van der Waals surface area contributed by atoms with Gasteiger partial charge in [0.1, 0.15) is 11.8 Å². The van der Waals surface area contributed by atoms with Gasteiger partial charge in [-0.2, -0.15) is 5.26 Å². The molecule has 0 aliphatic rings. The van der Waals surface area contributed by atoms with Crippen LogP contribution in [0.4, 0.5) is 0 Å². The van der Waals surface area contributed by atoms with E-state index in [0.29, 0.717) is 0 Å². The van der Waals surface area contributed by atoms with E-state index >= 15 is 0 Å². The van der Waals surface area contributed by atoms with E-state index in [1.54, 1.807) is 19.3 Å². The SMILES string of the molecule is C=C/C(=C\C(OC)=C(/C)c1ccc(-c2ccc(/C(C=C)=C/C(N)C#N)cc2)cc1)c1ccccc1. The molecule has 0 heterocycles. The average molecular weight is 459 g/mol. The van der Waals surface area contributed by atoms with Crippen LogP contribution in [0.1, 0.15) is 23.6 Å². The summed E-state index contributed by atoms with van der Waals surface area (Å²) in [6.45, 7) is 9.86. The second-order valence-electron chi connectivity index (χ2n) is 8.00. The van der Waals surface area contributed by atoms with Crippen molar-refractivity contribution in [1.82, 2.24) is 0 Å². The van der Waals surface area contributed by atoms with Gasteiger partial charge in [0.15, 0.2) is 0 Å². The van der Waals surface area contributed by atoms with Crippen LogP contribution >= 0.6 is 0 Å². The molecule has 0 radical (unpaired) electrons. The second kappa shape index (κ2) is 12.2. The maximum absolute atomic E-state index is 8.97. The van der Waals surface area contributed by atoms with Crippen LogP contribution in [-0.2, 0) is 4.74 Å². The van der Waals surface area contributed by atoms with E-state index < -0.39 is 6.04 Å². The van der Waals surface area contributed by atoms with Crippen LogP contribution < -0.4 is 5.73 Å². The van der Waals surface area contributed by atoms with E-state index in [1.807, 2.05) is 48.6 Å². The Labute approximate surface area is 208 Å². The molecule has 0 aliphatic carbocycles. The molecule has 0 aliphatic heterocycles. The number of nitrogens with zero attached hydrogens (tertiary/aromatic N) is 1. The van der Waals surface area contributed by atoms with Crippen molar-refractivity contribution < 1.29 is 4.74 Å². The molecule has 3 nitrogen and oxygen atoms in total. The lowest BCUT2D eigenvalue weighted by Gasteiger charge is -2.11. The molecule has 0 saturated heterocycles. The van der Waals surface area contributed by atoms with Gasteiger partial charge in [0, 0.05) is 0 Å². The number of hydrogen-bond acceptors (Lipinski definition) is 3. The normalized spacial score (nSPS) is 13.3. The molecular weight excluding hydrogens is 428 g/mol. The molecule has 3 rings (SSSR count). The molecule has 3 aromatic rings. The average Bonchev–Trinajstić information content (AvgIpc) is 2.92. The predicted octanol–water partition coefficient (Wildman–Crippen LogP) is 7.42. The van der Waals surface area contributed by atoms with E-state index in [4.69, 9.17) is 15.7 Å². The van der Waals surface area contributed by atoms with Gasteiger partial charge in [0.2, 0.25) is 0 Å². The summed E-state index contributed by atoms with van der Waals surface area (Å²) in [5, 5.41) is 8.97. The fourth-order valence-corrected chi connectivity index (χ4v) is 3.78. The molecule has 2 N–H and O–H groups in total. The maximum atomic E-state index is 8.97. The minimum absolute atomic E-state index is 0.659. The fraction of sp³-hybridized carbons (Fsp3) is 0.0938. The predicted molar refractivity (Wildman–Crippen MR) is 148 cm³/mol. The van der Waals surface area contributed by atoms with Crippen LogP contribution in [0.5, 0.6) is 0 Å². The standard InChI is InChI=1S/C32H30N2O/c1-5-24(20-31(34)22-33)28-16-18-30(19-17-28)29-14-12-26(13-15-29)23(3)32(35-4)21-25(6-2)27-10-8-7-9-11-27/h5-21,31H,1-2,34H2,3-4H3/b24-20+,25-21+,32-23-. The lowest BCUT2D eigenvalue weighted by Crippen LogP contribution is -2.13. The van der Waals surface area contributed by atoms with Crippen molar-refractivity contribution in [3.05, 3.63) is 139 Å². The van der Waals surface area contributed by atoms with E-state index in [1.165, 1.54) is 0 Å². The van der Waals surface area contributed by atoms with Gasteiger partial charge >= 0.3 is 0 Å². The van der Waals surface area contributed by atoms with Gasteiger partial charge in [-0.05, 0) is 63.6 Å². The smallest absolute Gasteiger partial charge is 0.122 e. The van der Waals surface area contributed by atoms with Gasteiger partial charge in [0.25, 0.3) is 0 Å². The fourth-order valence-electron chi connectivity index (χ4n) is 3.78. The van der Waals surface area contributed by atoms with E-state index in [9.17, 15) is 0 Å². The largest absolute Gasteiger partial charge is 0.496 e. The summed E-state index contributed by atoms with van der Waals surface area (Å²) in [6, 6.07) is 28.0. The highest BCUT2D eigenvalue weighted by Crippen LogP contribution is 2.28. The summed E-state index contributed by atoms with van der Waals surface area (Å²) in [5.41, 5.74) is 14.0. The molecule has 3 heteroatoms. The Kier molecular flexibility index (Phi) is 8.78. The number of benzene rings is 3. The molecular formula is C32H30N2O. The van der Waals surface area contributed by atoms with Gasteiger partial charge in [-0.25, -0.2) is 0 Å². The minimum Gasteiger partial charge on any atom is -0.496 e. The van der Waals surface area contributed by atoms with Gasteiger partial charge in [-0.15, -0.1) is 0 Å². The Morgan fingerprint density at radius 3 is 1.83 bits per heavy atom. The highest BCUT2D eigenvalue weighted by molar-refractivity contribution is 5.80. The summed E-state index contributed by atoms with van der Waals surface area (Å²) >= 11 is 0. The Morgan fingerprint density at radius 1 is 0.829 bits per heavy atom. The third-order valence-electron chi connectivity index (χ3n) is 5.80. The first kappa shape index (κ1) is 25.2.